The molecule has 25 heavy (non-hydrogen) atoms. The van der Waals surface area contributed by atoms with E-state index in [2.05, 4.69) is 27.3 Å². The Labute approximate surface area is 149 Å². The number of halogens is 1. The van der Waals surface area contributed by atoms with E-state index in [4.69, 9.17) is 20.9 Å². The molecular weight excluding hydrogens is 338 g/mol. The molecule has 0 bridgehead atoms. The van der Waals surface area contributed by atoms with Gasteiger partial charge in [0.1, 0.15) is 5.60 Å². The van der Waals surface area contributed by atoms with Crippen molar-refractivity contribution in [3.05, 3.63) is 53.2 Å². The Hall–Kier alpha value is -2.66. The topological polar surface area (TPSA) is 61.0 Å². The zero-order chi connectivity index (χ0) is 16.9. The van der Waals surface area contributed by atoms with E-state index in [1.165, 1.54) is 6.42 Å². The van der Waals surface area contributed by atoms with Crippen molar-refractivity contribution in [1.29, 1.82) is 0 Å². The Kier molecular flexibility index (Phi) is 3.18. The molecule has 0 amide bonds. The van der Waals surface area contributed by atoms with Crippen molar-refractivity contribution in [1.82, 2.24) is 15.1 Å². The van der Waals surface area contributed by atoms with Crippen LogP contribution in [0, 0.1) is 0 Å². The molecule has 1 spiro atoms. The van der Waals surface area contributed by atoms with Gasteiger partial charge in [-0.2, -0.15) is 4.98 Å². The van der Waals surface area contributed by atoms with E-state index in [0.29, 0.717) is 22.6 Å². The lowest BCUT2D eigenvalue weighted by atomic mass is 9.78. The van der Waals surface area contributed by atoms with Gasteiger partial charge in [0, 0.05) is 22.3 Å². The number of rotatable bonds is 2. The molecule has 6 heteroatoms. The second kappa shape index (κ2) is 5.43. The predicted molar refractivity (Wildman–Crippen MR) is 94.2 cm³/mol. The van der Waals surface area contributed by atoms with Gasteiger partial charge >= 0.3 is 0 Å². The summed E-state index contributed by atoms with van der Waals surface area (Å²) < 4.78 is 11.5. The molecule has 2 aromatic heterocycles. The van der Waals surface area contributed by atoms with Gasteiger partial charge in [0.2, 0.25) is 11.7 Å². The third kappa shape index (κ3) is 2.51. The lowest BCUT2D eigenvalue weighted by molar-refractivity contribution is 0.0337. The van der Waals surface area contributed by atoms with Gasteiger partial charge in [-0.3, -0.25) is 0 Å². The lowest BCUT2D eigenvalue weighted by Crippen LogP contribution is -2.42. The number of aromatic nitrogens is 3. The van der Waals surface area contributed by atoms with Gasteiger partial charge in [0.15, 0.2) is 0 Å². The molecule has 0 radical (unpaired) electrons. The molecule has 1 saturated carbocycles. The van der Waals surface area contributed by atoms with Gasteiger partial charge < -0.3 is 9.26 Å². The Bertz CT molecular complexity index is 975. The highest BCUT2D eigenvalue weighted by atomic mass is 35.5. The summed E-state index contributed by atoms with van der Waals surface area (Å²) in [6.07, 6.45) is 9.24. The molecule has 0 atom stereocenters. The number of ether oxygens (including phenoxy) is 1. The predicted octanol–water partition coefficient (Wildman–Crippen LogP) is 4.78. The Morgan fingerprint density at radius 2 is 1.92 bits per heavy atom. The standard InChI is InChI=1S/C19H14ClN3O2/c20-15-4-2-12(3-5-15)16-22-18(25-23-16)14-10-13-6-9-19(7-1-8-19)24-17(13)21-11-14/h2-6,9-11H,1,7-8H2. The summed E-state index contributed by atoms with van der Waals surface area (Å²) in [5.74, 6) is 1.62. The van der Waals surface area contributed by atoms with Crippen LogP contribution in [0.2, 0.25) is 5.02 Å². The average Bonchev–Trinajstić information content (AvgIpc) is 3.10. The monoisotopic (exact) mass is 351 g/mol. The summed E-state index contributed by atoms with van der Waals surface area (Å²) in [4.78, 5) is 8.91. The van der Waals surface area contributed by atoms with Crippen LogP contribution < -0.4 is 4.74 Å². The van der Waals surface area contributed by atoms with Crippen molar-refractivity contribution in [2.24, 2.45) is 0 Å². The highest BCUT2D eigenvalue weighted by molar-refractivity contribution is 6.30. The van der Waals surface area contributed by atoms with Crippen LogP contribution in [0.5, 0.6) is 5.88 Å². The summed E-state index contributed by atoms with van der Waals surface area (Å²) in [6.45, 7) is 0. The average molecular weight is 352 g/mol. The van der Waals surface area contributed by atoms with Crippen LogP contribution in [0.25, 0.3) is 28.9 Å². The zero-order valence-corrected chi connectivity index (χ0v) is 14.0. The van der Waals surface area contributed by atoms with Crippen molar-refractivity contribution in [3.8, 4) is 28.7 Å². The fourth-order valence-corrected chi connectivity index (χ4v) is 3.24. The smallest absolute Gasteiger partial charge is 0.259 e. The highest BCUT2D eigenvalue weighted by Crippen LogP contribution is 2.42. The van der Waals surface area contributed by atoms with Crippen molar-refractivity contribution in [2.45, 2.75) is 24.9 Å². The summed E-state index contributed by atoms with van der Waals surface area (Å²) >= 11 is 5.91. The number of fused-ring (bicyclic) bond motifs is 1. The number of hydrogen-bond acceptors (Lipinski definition) is 5. The molecule has 0 N–H and O–H groups in total. The van der Waals surface area contributed by atoms with Gasteiger partial charge in [-0.05, 0) is 61.7 Å². The second-order valence-electron chi connectivity index (χ2n) is 6.40. The third-order valence-electron chi connectivity index (χ3n) is 4.72. The first-order chi connectivity index (χ1) is 12.2. The molecule has 1 aromatic carbocycles. The van der Waals surface area contributed by atoms with E-state index in [1.54, 1.807) is 18.3 Å². The van der Waals surface area contributed by atoms with E-state index in [9.17, 15) is 0 Å². The molecule has 1 aliphatic carbocycles. The van der Waals surface area contributed by atoms with Crippen LogP contribution in [-0.2, 0) is 0 Å². The Morgan fingerprint density at radius 1 is 1.08 bits per heavy atom. The third-order valence-corrected chi connectivity index (χ3v) is 4.97. The van der Waals surface area contributed by atoms with Crippen LogP contribution >= 0.6 is 11.6 Å². The van der Waals surface area contributed by atoms with E-state index in [0.717, 1.165) is 29.5 Å². The molecule has 124 valence electrons. The molecule has 1 aliphatic heterocycles. The SMILES string of the molecule is Clc1ccc(-c2noc(-c3cnc4c(c3)C=CC3(CCC3)O4)n2)cc1. The molecule has 3 heterocycles. The van der Waals surface area contributed by atoms with E-state index >= 15 is 0 Å². The Morgan fingerprint density at radius 3 is 2.68 bits per heavy atom. The van der Waals surface area contributed by atoms with Gasteiger partial charge in [-0.25, -0.2) is 4.98 Å². The van der Waals surface area contributed by atoms with E-state index in [1.807, 2.05) is 18.2 Å². The van der Waals surface area contributed by atoms with Crippen LogP contribution in [0.15, 0.2) is 47.1 Å². The first-order valence-electron chi connectivity index (χ1n) is 8.19. The molecule has 5 rings (SSSR count). The maximum absolute atomic E-state index is 6.05. The minimum absolute atomic E-state index is 0.131. The van der Waals surface area contributed by atoms with Crippen molar-refractivity contribution < 1.29 is 9.26 Å². The molecule has 3 aromatic rings. The summed E-state index contributed by atoms with van der Waals surface area (Å²) in [5, 5.41) is 4.71. The molecule has 1 fully saturated rings. The minimum atomic E-state index is -0.131. The van der Waals surface area contributed by atoms with E-state index < -0.39 is 0 Å². The normalized spacial score (nSPS) is 17.0. The lowest BCUT2D eigenvalue weighted by Gasteiger charge is -2.41. The van der Waals surface area contributed by atoms with Gasteiger partial charge in [-0.1, -0.05) is 16.8 Å². The van der Waals surface area contributed by atoms with Crippen LogP contribution in [0.4, 0.5) is 0 Å². The first kappa shape index (κ1) is 14.7. The molecule has 0 unspecified atom stereocenters. The van der Waals surface area contributed by atoms with Crippen LogP contribution in [0.3, 0.4) is 0 Å². The van der Waals surface area contributed by atoms with E-state index in [-0.39, 0.29) is 5.60 Å². The fourth-order valence-electron chi connectivity index (χ4n) is 3.11. The van der Waals surface area contributed by atoms with Crippen LogP contribution in [0.1, 0.15) is 24.8 Å². The maximum atomic E-state index is 6.05. The van der Waals surface area contributed by atoms with Crippen LogP contribution in [-0.4, -0.2) is 20.7 Å². The van der Waals surface area contributed by atoms with Crippen molar-refractivity contribution in [2.75, 3.05) is 0 Å². The minimum Gasteiger partial charge on any atom is -0.466 e. The fraction of sp³-hybridized carbons (Fsp3) is 0.211. The van der Waals surface area contributed by atoms with Gasteiger partial charge in [-0.15, -0.1) is 0 Å². The summed E-state index contributed by atoms with van der Waals surface area (Å²) in [5.41, 5.74) is 2.42. The molecule has 5 nitrogen and oxygen atoms in total. The van der Waals surface area contributed by atoms with Gasteiger partial charge in [0.05, 0.1) is 5.56 Å². The molecular formula is C19H14ClN3O2. The number of benzene rings is 1. The number of pyridine rings is 1. The summed E-state index contributed by atoms with van der Waals surface area (Å²) in [6, 6.07) is 9.27. The quantitative estimate of drug-likeness (QED) is 0.664. The highest BCUT2D eigenvalue weighted by Gasteiger charge is 2.39. The summed E-state index contributed by atoms with van der Waals surface area (Å²) in [7, 11) is 0. The molecule has 2 aliphatic rings. The van der Waals surface area contributed by atoms with Crippen molar-refractivity contribution >= 4 is 17.7 Å². The first-order valence-corrected chi connectivity index (χ1v) is 8.57. The van der Waals surface area contributed by atoms with Gasteiger partial charge in [0.25, 0.3) is 5.89 Å². The largest absolute Gasteiger partial charge is 0.466 e. The number of nitrogens with zero attached hydrogens (tertiary/aromatic N) is 3. The zero-order valence-electron chi connectivity index (χ0n) is 13.3. The Balaban J connectivity index is 1.46. The maximum Gasteiger partial charge on any atom is 0.259 e. The second-order valence-corrected chi connectivity index (χ2v) is 6.84. The number of hydrogen-bond donors (Lipinski definition) is 0. The van der Waals surface area contributed by atoms with Crippen molar-refractivity contribution in [3.63, 3.8) is 0 Å². The molecule has 0 saturated heterocycles.